The van der Waals surface area contributed by atoms with E-state index >= 15 is 0 Å². The normalized spacial score (nSPS) is 2.00. The van der Waals surface area contributed by atoms with Gasteiger partial charge in [-0.3, -0.25) is 0 Å². The molecule has 0 aliphatic heterocycles. The van der Waals surface area contributed by atoms with Crippen molar-refractivity contribution in [3.05, 3.63) is 0 Å². The van der Waals surface area contributed by atoms with Crippen molar-refractivity contribution in [2.75, 3.05) is 0 Å². The Labute approximate surface area is 65.6 Å². The van der Waals surface area contributed by atoms with Gasteiger partial charge in [0, 0.05) is 42.1 Å². The van der Waals surface area contributed by atoms with Crippen molar-refractivity contribution in [1.29, 1.82) is 0 Å². The van der Waals surface area contributed by atoms with Gasteiger partial charge < -0.3 is 0 Å². The van der Waals surface area contributed by atoms with Crippen LogP contribution in [0.3, 0.4) is 0 Å². The molecule has 0 heterocycles. The second kappa shape index (κ2) is 8.82. The molecule has 0 radical (unpaired) electrons. The molecule has 0 rings (SSSR count). The second-order valence-corrected chi connectivity index (χ2v) is 0.750. The fourth-order valence-electron chi connectivity index (χ4n) is 0. The van der Waals surface area contributed by atoms with Gasteiger partial charge in [0.15, 0.2) is 0 Å². The molecule has 0 aromatic heterocycles. The molecule has 0 bridgehead atoms. The fraction of sp³-hybridized carbons (Fsp3) is 0. The van der Waals surface area contributed by atoms with Gasteiger partial charge in [-0.2, -0.15) is 0 Å². The molecule has 3 heteroatoms. The maximum absolute atomic E-state index is 3.96. The zero-order chi connectivity index (χ0) is 2.71. The zero-order valence-corrected chi connectivity index (χ0v) is 4.01. The van der Waals surface area contributed by atoms with Crippen molar-refractivity contribution in [2.45, 2.75) is 0 Å². The third-order valence-electron chi connectivity index (χ3n) is 0. The maximum Gasteiger partial charge on any atom is 0.0297 e. The van der Waals surface area contributed by atoms with E-state index in [0.717, 1.165) is 0 Å². The van der Waals surface area contributed by atoms with Gasteiger partial charge in [0.1, 0.15) is 0 Å². The Hall–Kier alpha value is 1.48. The van der Waals surface area contributed by atoms with E-state index in [0.29, 0.717) is 0 Å². The van der Waals surface area contributed by atoms with Gasteiger partial charge in [-0.25, -0.2) is 0 Å². The monoisotopic (exact) mass is 116 g/mol. The fourth-order valence-corrected chi connectivity index (χ4v) is 0. The first-order chi connectivity index (χ1) is 1.41. The van der Waals surface area contributed by atoms with Gasteiger partial charge in [0.05, 0.1) is 0 Å². The average Bonchev–Trinajstić information content (AvgIpc) is 0.918. The number of thiocarbonyl (C=S) groups is 2. The summed E-state index contributed by atoms with van der Waals surface area (Å²) in [4.78, 5) is 0. The van der Waals surface area contributed by atoms with Crippen molar-refractivity contribution in [1.82, 2.24) is 0 Å². The van der Waals surface area contributed by atoms with Crippen LogP contribution in [-0.4, -0.2) is 4.31 Å². The molecule has 0 nitrogen and oxygen atoms in total. The SMILES string of the molecule is S=C=S.[Ar]. The summed E-state index contributed by atoms with van der Waals surface area (Å²) in [5.41, 5.74) is 0. The van der Waals surface area contributed by atoms with E-state index in [1.807, 2.05) is 4.31 Å². The van der Waals surface area contributed by atoms with E-state index in [9.17, 15) is 0 Å². The summed E-state index contributed by atoms with van der Waals surface area (Å²) < 4.78 is 1.92. The molecule has 0 spiro atoms. The molecule has 24 valence electrons. The summed E-state index contributed by atoms with van der Waals surface area (Å²) >= 11 is 7.92. The van der Waals surface area contributed by atoms with Gasteiger partial charge in [-0.05, 0) is 24.4 Å². The van der Waals surface area contributed by atoms with Crippen LogP contribution in [0, 0.1) is 37.7 Å². The Morgan fingerprint density at radius 1 is 1.25 bits per heavy atom. The molecule has 0 fully saturated rings. The third-order valence-corrected chi connectivity index (χ3v) is 0. The Kier molecular flexibility index (Phi) is 20.0. The van der Waals surface area contributed by atoms with Gasteiger partial charge in [-0.1, -0.05) is 0 Å². The van der Waals surface area contributed by atoms with Crippen molar-refractivity contribution in [3.8, 4) is 0 Å². The van der Waals surface area contributed by atoms with Crippen LogP contribution in [0.25, 0.3) is 0 Å². The average molecular weight is 116 g/mol. The minimum atomic E-state index is 0. The molecule has 0 aromatic rings. The first kappa shape index (κ1) is 9.08. The van der Waals surface area contributed by atoms with E-state index in [2.05, 4.69) is 24.4 Å². The minimum Gasteiger partial charge on any atom is -0.0148 e. The Morgan fingerprint density at radius 3 is 1.25 bits per heavy atom. The van der Waals surface area contributed by atoms with E-state index in [4.69, 9.17) is 0 Å². The Balaban J connectivity index is 0. The van der Waals surface area contributed by atoms with Crippen LogP contribution in [0.4, 0.5) is 0 Å². The van der Waals surface area contributed by atoms with Crippen molar-refractivity contribution >= 4 is 28.7 Å². The van der Waals surface area contributed by atoms with Crippen molar-refractivity contribution in [2.24, 2.45) is 0 Å². The van der Waals surface area contributed by atoms with Crippen LogP contribution in [0.1, 0.15) is 0 Å². The van der Waals surface area contributed by atoms with E-state index < -0.39 is 0 Å². The summed E-state index contributed by atoms with van der Waals surface area (Å²) in [6.45, 7) is 0. The smallest absolute Gasteiger partial charge is 0.0148 e. The summed E-state index contributed by atoms with van der Waals surface area (Å²) in [6, 6.07) is 0. The second-order valence-electron chi connectivity index (χ2n) is 0.0833. The summed E-state index contributed by atoms with van der Waals surface area (Å²) in [5.74, 6) is 0. The van der Waals surface area contributed by atoms with Crippen LogP contribution in [0.2, 0.25) is 0 Å². The molecule has 0 unspecified atom stereocenters. The summed E-state index contributed by atoms with van der Waals surface area (Å²) in [5, 5.41) is 0. The Bertz CT molecular complexity index is 27.0. The largest absolute Gasteiger partial charge is 0.0297 e. The molecule has 0 aliphatic rings. The molecular formula is CArS2. The predicted octanol–water partition coefficient (Wildman–Crippen LogP) is 1.02. The minimum absolute atomic E-state index is 0. The molecule has 0 saturated heterocycles. The maximum atomic E-state index is 3.96. The first-order valence-corrected chi connectivity index (χ1v) is 1.22. The standard InChI is InChI=1S/CS2.Ar/c2-1-3;. The molecule has 0 saturated carbocycles. The summed E-state index contributed by atoms with van der Waals surface area (Å²) in [6.07, 6.45) is 0. The number of hydrogen-bond donors (Lipinski definition) is 0. The molecule has 0 aromatic carbocycles. The molecule has 0 aliphatic carbocycles. The van der Waals surface area contributed by atoms with Crippen LogP contribution in [0.15, 0.2) is 0 Å². The van der Waals surface area contributed by atoms with E-state index in [-0.39, 0.29) is 37.7 Å². The van der Waals surface area contributed by atoms with Crippen LogP contribution >= 0.6 is 24.4 Å². The van der Waals surface area contributed by atoms with E-state index in [1.54, 1.807) is 0 Å². The van der Waals surface area contributed by atoms with Crippen LogP contribution in [-0.2, 0) is 0 Å². The van der Waals surface area contributed by atoms with Crippen molar-refractivity contribution in [3.63, 3.8) is 0 Å². The quantitative estimate of drug-likeness (QED) is 0.433. The summed E-state index contributed by atoms with van der Waals surface area (Å²) in [7, 11) is 0. The predicted molar refractivity (Wildman–Crippen MR) is 20.2 cm³/mol. The van der Waals surface area contributed by atoms with Crippen LogP contribution in [0.5, 0.6) is 0 Å². The van der Waals surface area contributed by atoms with Gasteiger partial charge in [-0.15, -0.1) is 0 Å². The van der Waals surface area contributed by atoms with Gasteiger partial charge in [0.2, 0.25) is 0 Å². The number of rotatable bonds is 0. The zero-order valence-electron chi connectivity index (χ0n) is 1.67. The molecule has 0 amide bonds. The van der Waals surface area contributed by atoms with Crippen molar-refractivity contribution < 1.29 is 37.7 Å². The first-order valence-electron chi connectivity index (χ1n) is 0.408. The van der Waals surface area contributed by atoms with Gasteiger partial charge >= 0.3 is 0 Å². The topological polar surface area (TPSA) is 0 Å². The molecule has 4 heavy (non-hydrogen) atoms. The third kappa shape index (κ3) is 9.77. The van der Waals surface area contributed by atoms with E-state index in [1.165, 1.54) is 0 Å². The molecule has 0 atom stereocenters. The number of hydrogen-bond acceptors (Lipinski definition) is 2. The Morgan fingerprint density at radius 2 is 1.25 bits per heavy atom. The molecule has 0 N–H and O–H groups in total. The van der Waals surface area contributed by atoms with Crippen LogP contribution < -0.4 is 0 Å². The molecular weight excluding hydrogens is 116 g/mol. The van der Waals surface area contributed by atoms with Gasteiger partial charge in [0.25, 0.3) is 0 Å².